The second kappa shape index (κ2) is 75.5. The van der Waals surface area contributed by atoms with Crippen LogP contribution in [0.4, 0.5) is 0 Å². The highest BCUT2D eigenvalue weighted by Gasteiger charge is 2.30. The minimum atomic E-state index is -4.96. The molecule has 5 atom stereocenters. The molecule has 0 aromatic carbocycles. The van der Waals surface area contributed by atoms with E-state index < -0.39 is 97.5 Å². The van der Waals surface area contributed by atoms with Crippen LogP contribution in [0.2, 0.25) is 0 Å². The molecule has 0 aromatic heterocycles. The first kappa shape index (κ1) is 101. The summed E-state index contributed by atoms with van der Waals surface area (Å²) in [6.07, 6.45) is 66.4. The number of phosphoric acid groups is 2. The Hall–Kier alpha value is -1.94. The van der Waals surface area contributed by atoms with Crippen molar-refractivity contribution in [3.05, 3.63) is 0 Å². The summed E-state index contributed by atoms with van der Waals surface area (Å²) >= 11 is 0. The normalized spacial score (nSPS) is 13.9. The third-order valence-corrected chi connectivity index (χ3v) is 21.6. The van der Waals surface area contributed by atoms with Crippen molar-refractivity contribution in [3.63, 3.8) is 0 Å². The Bertz CT molecular complexity index is 1980. The van der Waals surface area contributed by atoms with Gasteiger partial charge >= 0.3 is 39.5 Å². The van der Waals surface area contributed by atoms with Gasteiger partial charge in [-0.15, -0.1) is 0 Å². The zero-order chi connectivity index (χ0) is 75.6. The minimum absolute atomic E-state index is 0.108. The summed E-state index contributed by atoms with van der Waals surface area (Å²) in [6, 6.07) is 0. The Balaban J connectivity index is 5.26. The van der Waals surface area contributed by atoms with Gasteiger partial charge in [-0.2, -0.15) is 0 Å². The minimum Gasteiger partial charge on any atom is -0.462 e. The first-order valence-corrected chi connectivity index (χ1v) is 46.5. The largest absolute Gasteiger partial charge is 0.472 e. The van der Waals surface area contributed by atoms with Gasteiger partial charge in [-0.25, -0.2) is 9.13 Å². The highest BCUT2D eigenvalue weighted by atomic mass is 31.2. The third kappa shape index (κ3) is 78.0. The van der Waals surface area contributed by atoms with E-state index in [0.717, 1.165) is 102 Å². The molecule has 2 unspecified atom stereocenters. The fraction of sp³-hybridized carbons (Fsp3) is 0.952. The average Bonchev–Trinajstić information content (AvgIpc) is 0.915. The van der Waals surface area contributed by atoms with Crippen molar-refractivity contribution in [1.82, 2.24) is 0 Å². The van der Waals surface area contributed by atoms with Crippen LogP contribution in [0, 0.1) is 11.8 Å². The summed E-state index contributed by atoms with van der Waals surface area (Å²) in [5.74, 6) is -0.492. The second-order valence-electron chi connectivity index (χ2n) is 31.2. The van der Waals surface area contributed by atoms with E-state index >= 15 is 0 Å². The number of esters is 4. The molecule has 0 aromatic rings. The van der Waals surface area contributed by atoms with Crippen LogP contribution in [0.1, 0.15) is 446 Å². The molecule has 0 bridgehead atoms. The highest BCUT2D eigenvalue weighted by molar-refractivity contribution is 7.47. The number of aliphatic hydroxyl groups is 1. The molecule has 0 radical (unpaired) electrons. The van der Waals surface area contributed by atoms with Gasteiger partial charge in [0.15, 0.2) is 12.2 Å². The molecule has 0 fully saturated rings. The zero-order valence-electron chi connectivity index (χ0n) is 67.6. The fourth-order valence-corrected chi connectivity index (χ4v) is 14.6. The monoisotopic (exact) mass is 1510 g/mol. The van der Waals surface area contributed by atoms with Gasteiger partial charge in [0.05, 0.1) is 26.4 Å². The molecule has 3 N–H and O–H groups in total. The SMILES string of the molecule is CCCCCCCCCCCCCCCCC(=O)O[C@H](COC(=O)CCCCCCCCCCCCCCC)COP(=O)(O)OC[C@H](O)COP(=O)(O)OC[C@@H](COC(=O)CCCCCCCCCCCCCCCCCC(C)C)OC(=O)CCCCCCCCCCCCCCCCCC(C)C. The van der Waals surface area contributed by atoms with E-state index in [1.807, 2.05) is 0 Å². The Morgan fingerprint density at radius 2 is 0.447 bits per heavy atom. The molecule has 103 heavy (non-hydrogen) atoms. The van der Waals surface area contributed by atoms with Crippen molar-refractivity contribution >= 4 is 39.5 Å². The zero-order valence-corrected chi connectivity index (χ0v) is 69.4. The van der Waals surface area contributed by atoms with Crippen LogP contribution in [0.5, 0.6) is 0 Å². The van der Waals surface area contributed by atoms with Crippen molar-refractivity contribution in [2.24, 2.45) is 11.8 Å². The van der Waals surface area contributed by atoms with Gasteiger partial charge in [0.2, 0.25) is 0 Å². The molecule has 0 aliphatic heterocycles. The number of unbranched alkanes of at least 4 members (excludes halogenated alkanes) is 53. The summed E-state index contributed by atoms with van der Waals surface area (Å²) in [5.41, 5.74) is 0. The van der Waals surface area contributed by atoms with E-state index in [2.05, 4.69) is 41.5 Å². The Morgan fingerprint density at radius 1 is 0.262 bits per heavy atom. The third-order valence-electron chi connectivity index (χ3n) is 19.7. The number of aliphatic hydroxyl groups excluding tert-OH is 1. The van der Waals surface area contributed by atoms with Gasteiger partial charge in [0, 0.05) is 25.7 Å². The maximum atomic E-state index is 13.1. The van der Waals surface area contributed by atoms with E-state index in [-0.39, 0.29) is 25.7 Å². The molecule has 0 saturated carbocycles. The molecule has 0 amide bonds. The van der Waals surface area contributed by atoms with E-state index in [1.165, 1.54) is 263 Å². The first-order valence-electron chi connectivity index (χ1n) is 43.5. The lowest BCUT2D eigenvalue weighted by atomic mass is 10.0. The summed E-state index contributed by atoms with van der Waals surface area (Å²) < 4.78 is 68.9. The van der Waals surface area contributed by atoms with Crippen molar-refractivity contribution in [2.45, 2.75) is 464 Å². The fourth-order valence-electron chi connectivity index (χ4n) is 13.1. The van der Waals surface area contributed by atoms with Crippen molar-refractivity contribution in [2.75, 3.05) is 39.6 Å². The van der Waals surface area contributed by atoms with Gasteiger partial charge in [-0.1, -0.05) is 395 Å². The summed E-state index contributed by atoms with van der Waals surface area (Å²) in [5, 5.41) is 10.7. The summed E-state index contributed by atoms with van der Waals surface area (Å²) in [7, 11) is -9.93. The average molecular weight is 1510 g/mol. The van der Waals surface area contributed by atoms with E-state index in [0.29, 0.717) is 25.7 Å². The molecule has 0 heterocycles. The highest BCUT2D eigenvalue weighted by Crippen LogP contribution is 2.45. The Labute approximate surface area is 632 Å². The lowest BCUT2D eigenvalue weighted by molar-refractivity contribution is -0.161. The number of hydrogen-bond acceptors (Lipinski definition) is 15. The van der Waals surface area contributed by atoms with Crippen LogP contribution in [-0.4, -0.2) is 96.7 Å². The topological polar surface area (TPSA) is 237 Å². The molecule has 0 aliphatic carbocycles. The molecule has 612 valence electrons. The number of carbonyl (C=O) groups excluding carboxylic acids is 4. The van der Waals surface area contributed by atoms with Crippen LogP contribution in [-0.2, 0) is 65.4 Å². The molecule has 0 saturated heterocycles. The second-order valence-corrected chi connectivity index (χ2v) is 34.1. The molecule has 19 heteroatoms. The van der Waals surface area contributed by atoms with Gasteiger partial charge in [0.25, 0.3) is 0 Å². The molecule has 0 aliphatic rings. The molecule has 0 rings (SSSR count). The molecular weight excluding hydrogens is 1340 g/mol. The van der Waals surface area contributed by atoms with Crippen molar-refractivity contribution in [1.29, 1.82) is 0 Å². The van der Waals surface area contributed by atoms with Crippen LogP contribution >= 0.6 is 15.6 Å². The Morgan fingerprint density at radius 3 is 0.660 bits per heavy atom. The van der Waals surface area contributed by atoms with Gasteiger partial charge in [-0.05, 0) is 37.5 Å². The van der Waals surface area contributed by atoms with Gasteiger partial charge in [0.1, 0.15) is 19.3 Å². The summed E-state index contributed by atoms with van der Waals surface area (Å²) in [4.78, 5) is 73.2. The maximum Gasteiger partial charge on any atom is 0.472 e. The standard InChI is InChI=1S/C84H164O17P2/c1-7-9-11-13-15-17-19-21-31-38-44-50-56-62-68-83(88)100-79(72-94-81(86)66-60-54-48-42-36-28-20-18-16-14-12-10-8-2)74-98-102(90,91)96-70-78(85)71-97-103(92,93)99-75-80(101-84(89)69-63-57-51-45-39-33-27-23-25-30-35-41-47-53-59-65-77(5)6)73-95-82(87)67-61-55-49-43-37-32-26-22-24-29-34-40-46-52-58-64-76(3)4/h76-80,85H,7-75H2,1-6H3,(H,90,91)(H,92,93)/t78-,79+,80+/m0/s1. The van der Waals surface area contributed by atoms with Gasteiger partial charge < -0.3 is 33.8 Å². The van der Waals surface area contributed by atoms with Crippen molar-refractivity contribution in [3.8, 4) is 0 Å². The number of carbonyl (C=O) groups is 4. The molecule has 0 spiro atoms. The summed E-state index contributed by atoms with van der Waals surface area (Å²) in [6.45, 7) is 9.72. The smallest absolute Gasteiger partial charge is 0.462 e. The first-order chi connectivity index (χ1) is 49.9. The van der Waals surface area contributed by atoms with Crippen LogP contribution < -0.4 is 0 Å². The Kier molecular flexibility index (Phi) is 74.1. The van der Waals surface area contributed by atoms with Crippen molar-refractivity contribution < 1.29 is 80.2 Å². The van der Waals surface area contributed by atoms with Crippen LogP contribution in [0.15, 0.2) is 0 Å². The van der Waals surface area contributed by atoms with E-state index in [4.69, 9.17) is 37.0 Å². The quantitative estimate of drug-likeness (QED) is 0.0222. The van der Waals surface area contributed by atoms with Crippen LogP contribution in [0.25, 0.3) is 0 Å². The number of ether oxygens (including phenoxy) is 4. The van der Waals surface area contributed by atoms with Gasteiger partial charge in [-0.3, -0.25) is 37.3 Å². The predicted octanol–water partition coefficient (Wildman–Crippen LogP) is 25.5. The van der Waals surface area contributed by atoms with Crippen LogP contribution in [0.3, 0.4) is 0 Å². The molecule has 17 nitrogen and oxygen atoms in total. The van der Waals surface area contributed by atoms with E-state index in [1.54, 1.807) is 0 Å². The number of rotatable bonds is 83. The predicted molar refractivity (Wildman–Crippen MR) is 423 cm³/mol. The maximum absolute atomic E-state index is 13.1. The number of phosphoric ester groups is 2. The molecular formula is C84H164O17P2. The number of hydrogen-bond donors (Lipinski definition) is 3. The lowest BCUT2D eigenvalue weighted by Crippen LogP contribution is -2.30. The lowest BCUT2D eigenvalue weighted by Gasteiger charge is -2.21. The van der Waals surface area contributed by atoms with E-state index in [9.17, 15) is 43.2 Å².